The molecule has 4 heteroatoms. The monoisotopic (exact) mass is 259 g/mol. The van der Waals surface area contributed by atoms with Gasteiger partial charge in [0, 0.05) is 0 Å². The van der Waals surface area contributed by atoms with E-state index in [9.17, 15) is 0 Å². The summed E-state index contributed by atoms with van der Waals surface area (Å²) >= 11 is 0. The second-order valence-electron chi connectivity index (χ2n) is 2.80. The van der Waals surface area contributed by atoms with Crippen LogP contribution < -0.4 is 0 Å². The Bertz CT molecular complexity index is 149. The first-order chi connectivity index (χ1) is 7.14. The zero-order valence-electron chi connectivity index (χ0n) is 11.7. The smallest absolute Gasteiger partial charge is 0.668 e. The summed E-state index contributed by atoms with van der Waals surface area (Å²) in [4.78, 5) is 0. The van der Waals surface area contributed by atoms with Crippen LogP contribution in [0.3, 0.4) is 0 Å². The fourth-order valence-electron chi connectivity index (χ4n) is 0.470. The van der Waals surface area contributed by atoms with Gasteiger partial charge in [0.1, 0.15) is 0 Å². The largest absolute Gasteiger partial charge is 4.00 e. The van der Waals surface area contributed by atoms with Gasteiger partial charge in [0.2, 0.25) is 0 Å². The molecule has 0 saturated heterocycles. The van der Waals surface area contributed by atoms with E-state index in [1.54, 1.807) is 42.3 Å². The number of aryl methyl sites for hydroxylation is 1. The Labute approximate surface area is 117 Å². The van der Waals surface area contributed by atoms with Crippen molar-refractivity contribution in [3.05, 3.63) is 45.8 Å². The van der Waals surface area contributed by atoms with E-state index in [2.05, 4.69) is 35.0 Å². The Morgan fingerprint density at radius 3 is 0.938 bits per heavy atom. The fraction of sp³-hybridized carbons (Fsp3) is 0.583. The van der Waals surface area contributed by atoms with Crippen LogP contribution in [0.15, 0.2) is 24.3 Å². The molecule has 0 radical (unpaired) electrons. The Morgan fingerprint density at radius 1 is 0.688 bits per heavy atom. The third-order valence-electron chi connectivity index (χ3n) is 0.829. The normalized spacial score (nSPS) is 6.69. The van der Waals surface area contributed by atoms with Crippen molar-refractivity contribution in [3.8, 4) is 0 Å². The molecule has 0 spiro atoms. The summed E-state index contributed by atoms with van der Waals surface area (Å²) in [5.74, 6) is 0. The van der Waals surface area contributed by atoms with Crippen LogP contribution >= 0.6 is 0 Å². The zero-order chi connectivity index (χ0) is 12.5. The van der Waals surface area contributed by atoms with E-state index < -0.39 is 0 Å². The van der Waals surface area contributed by atoms with Gasteiger partial charge in [-0.15, -0.1) is 0 Å². The summed E-state index contributed by atoms with van der Waals surface area (Å²) in [5, 5.41) is 10.5. The molecule has 0 bridgehead atoms. The van der Waals surface area contributed by atoms with Crippen LogP contribution in [0.4, 0.5) is 0 Å². The Balaban J connectivity index is -0.0000000637. The fourth-order valence-corrected chi connectivity index (χ4v) is 0.470. The average Bonchev–Trinajstić information content (AvgIpc) is 2.60. The molecule has 0 amide bonds. The molecule has 0 heterocycles. The molecule has 1 rings (SSSR count). The number of rotatable bonds is 0. The molecule has 0 aliphatic rings. The standard InChI is InChI=1S/C6H7.3C2H6N.Ti/c1-6-4-2-3-5-6;3*1-3-2;/h2-5H,1H3;3*1-2H3;/q4*-1;+4. The molecular formula is C12H25N3Ti. The van der Waals surface area contributed by atoms with E-state index in [4.69, 9.17) is 0 Å². The van der Waals surface area contributed by atoms with Gasteiger partial charge in [-0.05, 0) is 0 Å². The van der Waals surface area contributed by atoms with Crippen molar-refractivity contribution in [2.75, 3.05) is 42.3 Å². The second-order valence-corrected chi connectivity index (χ2v) is 2.80. The second kappa shape index (κ2) is 29.4. The SMILES string of the molecule is C[N-]C.C[N-]C.C[N-]C.C[c-]1cccc1.[Ti+4]. The minimum Gasteiger partial charge on any atom is -0.668 e. The van der Waals surface area contributed by atoms with Crippen LogP contribution in [0.2, 0.25) is 0 Å². The third kappa shape index (κ3) is 48.5. The van der Waals surface area contributed by atoms with Gasteiger partial charge in [0.25, 0.3) is 0 Å². The maximum atomic E-state index is 3.50. The number of hydrogen-bond donors (Lipinski definition) is 0. The zero-order valence-corrected chi connectivity index (χ0v) is 13.2. The van der Waals surface area contributed by atoms with E-state index >= 15 is 0 Å². The van der Waals surface area contributed by atoms with Gasteiger partial charge in [-0.1, -0.05) is 6.92 Å². The van der Waals surface area contributed by atoms with Crippen molar-refractivity contribution < 1.29 is 21.7 Å². The van der Waals surface area contributed by atoms with Gasteiger partial charge in [-0.2, -0.15) is 60.0 Å². The maximum Gasteiger partial charge on any atom is 4.00 e. The van der Waals surface area contributed by atoms with Crippen LogP contribution in [0.1, 0.15) is 5.56 Å². The van der Waals surface area contributed by atoms with E-state index in [0.29, 0.717) is 0 Å². The van der Waals surface area contributed by atoms with Crippen molar-refractivity contribution in [1.29, 1.82) is 0 Å². The predicted octanol–water partition coefficient (Wildman–Crippen LogP) is 3.57. The summed E-state index contributed by atoms with van der Waals surface area (Å²) < 4.78 is 0. The molecule has 3 nitrogen and oxygen atoms in total. The summed E-state index contributed by atoms with van der Waals surface area (Å²) in [6.45, 7) is 2.08. The molecule has 0 fully saturated rings. The minimum absolute atomic E-state index is 0. The summed E-state index contributed by atoms with van der Waals surface area (Å²) in [7, 11) is 10.5. The molecule has 1 aromatic rings. The van der Waals surface area contributed by atoms with E-state index in [1.807, 2.05) is 12.1 Å². The van der Waals surface area contributed by atoms with Crippen molar-refractivity contribution in [2.45, 2.75) is 6.92 Å². The summed E-state index contributed by atoms with van der Waals surface area (Å²) in [5.41, 5.74) is 1.34. The quantitative estimate of drug-likeness (QED) is 0.505. The molecule has 0 unspecified atom stereocenters. The van der Waals surface area contributed by atoms with Gasteiger partial charge >= 0.3 is 21.7 Å². The van der Waals surface area contributed by atoms with Gasteiger partial charge in [-0.3, -0.25) is 0 Å². The molecule has 0 aliphatic heterocycles. The predicted molar refractivity (Wildman–Crippen MR) is 72.4 cm³/mol. The first-order valence-corrected chi connectivity index (χ1v) is 4.76. The first-order valence-electron chi connectivity index (χ1n) is 4.76. The van der Waals surface area contributed by atoms with Crippen molar-refractivity contribution >= 4 is 0 Å². The molecule has 0 atom stereocenters. The molecule has 0 aliphatic carbocycles. The summed E-state index contributed by atoms with van der Waals surface area (Å²) in [6.07, 6.45) is 0. The molecule has 1 aromatic carbocycles. The molecule has 0 saturated carbocycles. The Kier molecular flexibility index (Phi) is 45.8. The first kappa shape index (κ1) is 25.0. The van der Waals surface area contributed by atoms with Crippen molar-refractivity contribution in [1.82, 2.24) is 0 Å². The van der Waals surface area contributed by atoms with Gasteiger partial charge in [-0.25, -0.2) is 12.1 Å². The Morgan fingerprint density at radius 2 is 0.875 bits per heavy atom. The van der Waals surface area contributed by atoms with E-state index in [1.165, 1.54) is 5.56 Å². The van der Waals surface area contributed by atoms with E-state index in [0.717, 1.165) is 0 Å². The average molecular weight is 259 g/mol. The molecule has 0 N–H and O–H groups in total. The van der Waals surface area contributed by atoms with Gasteiger partial charge in [0.05, 0.1) is 0 Å². The molecule has 0 aromatic heterocycles. The van der Waals surface area contributed by atoms with Gasteiger partial charge in [0.15, 0.2) is 0 Å². The van der Waals surface area contributed by atoms with Crippen molar-refractivity contribution in [3.63, 3.8) is 0 Å². The topological polar surface area (TPSA) is 42.3 Å². The van der Waals surface area contributed by atoms with Crippen LogP contribution in [0.25, 0.3) is 16.0 Å². The van der Waals surface area contributed by atoms with Crippen LogP contribution in [-0.4, -0.2) is 42.3 Å². The van der Waals surface area contributed by atoms with E-state index in [-0.39, 0.29) is 21.7 Å². The van der Waals surface area contributed by atoms with Crippen LogP contribution in [-0.2, 0) is 21.7 Å². The minimum atomic E-state index is 0. The maximum absolute atomic E-state index is 3.50. The molecule has 92 valence electrons. The summed E-state index contributed by atoms with van der Waals surface area (Å²) in [6, 6.07) is 8.24. The van der Waals surface area contributed by atoms with Crippen LogP contribution in [0.5, 0.6) is 0 Å². The van der Waals surface area contributed by atoms with Crippen LogP contribution in [0, 0.1) is 6.92 Å². The van der Waals surface area contributed by atoms with Gasteiger partial charge < -0.3 is 16.0 Å². The number of hydrogen-bond acceptors (Lipinski definition) is 0. The Hall–Kier alpha value is -0.0557. The molecular weight excluding hydrogens is 234 g/mol. The van der Waals surface area contributed by atoms with Crippen molar-refractivity contribution in [2.24, 2.45) is 0 Å². The number of nitrogens with zero attached hydrogens (tertiary/aromatic N) is 3. The molecule has 16 heavy (non-hydrogen) atoms. The third-order valence-corrected chi connectivity index (χ3v) is 0.829.